The van der Waals surface area contributed by atoms with Crippen molar-refractivity contribution in [1.82, 2.24) is 15.5 Å². The van der Waals surface area contributed by atoms with E-state index in [1.165, 1.54) is 12.8 Å². The molecule has 1 aromatic rings. The maximum Gasteiger partial charge on any atom is 0.239 e. The number of amides is 1. The van der Waals surface area contributed by atoms with E-state index >= 15 is 0 Å². The van der Waals surface area contributed by atoms with Crippen molar-refractivity contribution < 1.29 is 9.90 Å². The smallest absolute Gasteiger partial charge is 0.239 e. The van der Waals surface area contributed by atoms with Gasteiger partial charge in [-0.3, -0.25) is 9.69 Å². The van der Waals surface area contributed by atoms with Crippen molar-refractivity contribution in [3.8, 4) is 0 Å². The largest absolute Gasteiger partial charge is 0.390 e. The van der Waals surface area contributed by atoms with Crippen LogP contribution in [0, 0.1) is 0 Å². The molecule has 0 saturated carbocycles. The molecular formula is C17H25Cl2N3O2. The van der Waals surface area contributed by atoms with E-state index in [1.54, 1.807) is 0 Å². The highest BCUT2D eigenvalue weighted by atomic mass is 35.5. The SMILES string of the molecule is Cl.Cl.O=C(N[C@H]1c2ccccc2C[C@@H]1O)[C@@H]1CN2CCC[C@@H]2CN1. The van der Waals surface area contributed by atoms with Crippen LogP contribution in [0.3, 0.4) is 0 Å². The number of carbonyl (C=O) groups excluding carboxylic acids is 1. The van der Waals surface area contributed by atoms with Gasteiger partial charge in [-0.2, -0.15) is 0 Å². The van der Waals surface area contributed by atoms with Gasteiger partial charge < -0.3 is 15.7 Å². The molecule has 4 atom stereocenters. The Hall–Kier alpha value is -0.850. The van der Waals surface area contributed by atoms with E-state index in [1.807, 2.05) is 24.3 Å². The molecule has 0 bridgehead atoms. The zero-order valence-corrected chi connectivity index (χ0v) is 15.1. The van der Waals surface area contributed by atoms with Crippen LogP contribution >= 0.6 is 24.8 Å². The van der Waals surface area contributed by atoms with Crippen LogP contribution in [0.1, 0.15) is 30.0 Å². The number of nitrogens with one attached hydrogen (secondary N) is 2. The molecule has 2 aliphatic heterocycles. The lowest BCUT2D eigenvalue weighted by atomic mass is 10.1. The van der Waals surface area contributed by atoms with Gasteiger partial charge in [0.1, 0.15) is 0 Å². The first-order valence-corrected chi connectivity index (χ1v) is 8.26. The number of benzene rings is 1. The van der Waals surface area contributed by atoms with Gasteiger partial charge in [-0.15, -0.1) is 24.8 Å². The minimum absolute atomic E-state index is 0. The van der Waals surface area contributed by atoms with Gasteiger partial charge >= 0.3 is 0 Å². The molecule has 0 unspecified atom stereocenters. The lowest BCUT2D eigenvalue weighted by molar-refractivity contribution is -0.126. The summed E-state index contributed by atoms with van der Waals surface area (Å²) >= 11 is 0. The van der Waals surface area contributed by atoms with Crippen molar-refractivity contribution in [2.45, 2.75) is 43.5 Å². The van der Waals surface area contributed by atoms with Gasteiger partial charge in [-0.05, 0) is 30.5 Å². The molecule has 134 valence electrons. The van der Waals surface area contributed by atoms with E-state index in [4.69, 9.17) is 0 Å². The third-order valence-corrected chi connectivity index (χ3v) is 5.33. The summed E-state index contributed by atoms with van der Waals surface area (Å²) in [4.78, 5) is 15.0. The molecule has 0 spiro atoms. The summed E-state index contributed by atoms with van der Waals surface area (Å²) in [6.07, 6.45) is 2.56. The van der Waals surface area contributed by atoms with Gasteiger partial charge in [0.05, 0.1) is 18.2 Å². The van der Waals surface area contributed by atoms with E-state index < -0.39 is 6.10 Å². The number of carbonyl (C=O) groups is 1. The normalized spacial score (nSPS) is 31.4. The Bertz CT molecular complexity index is 587. The predicted octanol–water partition coefficient (Wildman–Crippen LogP) is 1.04. The molecule has 0 aromatic heterocycles. The average molecular weight is 374 g/mol. The summed E-state index contributed by atoms with van der Waals surface area (Å²) in [6, 6.07) is 8.12. The lowest BCUT2D eigenvalue weighted by Crippen LogP contribution is -2.59. The molecule has 2 heterocycles. The zero-order valence-electron chi connectivity index (χ0n) is 13.5. The summed E-state index contributed by atoms with van der Waals surface area (Å²) in [5.41, 5.74) is 2.19. The average Bonchev–Trinajstić information content (AvgIpc) is 3.11. The second kappa shape index (κ2) is 8.02. The second-order valence-corrected chi connectivity index (χ2v) is 6.71. The minimum Gasteiger partial charge on any atom is -0.390 e. The van der Waals surface area contributed by atoms with Crippen LogP contribution in [-0.2, 0) is 11.2 Å². The first-order chi connectivity index (χ1) is 10.7. The second-order valence-electron chi connectivity index (χ2n) is 6.71. The monoisotopic (exact) mass is 373 g/mol. The fourth-order valence-corrected chi connectivity index (χ4v) is 4.12. The van der Waals surface area contributed by atoms with Gasteiger partial charge in [0, 0.05) is 25.6 Å². The first-order valence-electron chi connectivity index (χ1n) is 8.26. The van der Waals surface area contributed by atoms with Crippen molar-refractivity contribution >= 4 is 30.7 Å². The molecule has 24 heavy (non-hydrogen) atoms. The molecule has 5 nitrogen and oxygen atoms in total. The Labute approximate surface area is 155 Å². The van der Waals surface area contributed by atoms with Gasteiger partial charge in [0.2, 0.25) is 5.91 Å². The highest BCUT2D eigenvalue weighted by molar-refractivity contribution is 5.85. The molecule has 3 aliphatic rings. The van der Waals surface area contributed by atoms with E-state index in [9.17, 15) is 9.90 Å². The summed E-state index contributed by atoms with van der Waals surface area (Å²) < 4.78 is 0. The molecule has 1 aliphatic carbocycles. The Morgan fingerprint density at radius 3 is 2.92 bits per heavy atom. The van der Waals surface area contributed by atoms with Gasteiger partial charge in [-0.25, -0.2) is 0 Å². The minimum atomic E-state index is -0.524. The van der Waals surface area contributed by atoms with Crippen molar-refractivity contribution in [2.24, 2.45) is 0 Å². The number of aliphatic hydroxyl groups is 1. The molecule has 2 saturated heterocycles. The molecule has 1 aromatic carbocycles. The number of nitrogens with zero attached hydrogens (tertiary/aromatic N) is 1. The number of hydrogen-bond acceptors (Lipinski definition) is 4. The van der Waals surface area contributed by atoms with E-state index in [0.717, 1.165) is 30.8 Å². The summed E-state index contributed by atoms with van der Waals surface area (Å²) in [5.74, 6) is 0.00565. The van der Waals surface area contributed by atoms with Gasteiger partial charge in [0.25, 0.3) is 0 Å². The summed E-state index contributed by atoms with van der Waals surface area (Å²) in [5, 5.41) is 16.7. The number of rotatable bonds is 2. The van der Waals surface area contributed by atoms with Crippen LogP contribution in [0.2, 0.25) is 0 Å². The van der Waals surface area contributed by atoms with Crippen molar-refractivity contribution in [1.29, 1.82) is 0 Å². The number of fused-ring (bicyclic) bond motifs is 2. The van der Waals surface area contributed by atoms with Crippen molar-refractivity contribution in [3.63, 3.8) is 0 Å². The van der Waals surface area contributed by atoms with Crippen LogP contribution in [0.4, 0.5) is 0 Å². The van der Waals surface area contributed by atoms with E-state index in [2.05, 4.69) is 15.5 Å². The molecular weight excluding hydrogens is 349 g/mol. The van der Waals surface area contributed by atoms with Crippen LogP contribution in [0.15, 0.2) is 24.3 Å². The van der Waals surface area contributed by atoms with Gasteiger partial charge in [-0.1, -0.05) is 24.3 Å². The maximum atomic E-state index is 12.6. The molecule has 1 amide bonds. The Morgan fingerprint density at radius 1 is 1.29 bits per heavy atom. The van der Waals surface area contributed by atoms with Crippen molar-refractivity contribution in [2.75, 3.05) is 19.6 Å². The zero-order chi connectivity index (χ0) is 15.1. The molecule has 7 heteroatoms. The quantitative estimate of drug-likeness (QED) is 0.724. The highest BCUT2D eigenvalue weighted by Crippen LogP contribution is 2.31. The van der Waals surface area contributed by atoms with Crippen LogP contribution in [0.25, 0.3) is 0 Å². The first kappa shape index (κ1) is 19.5. The number of hydrogen-bond donors (Lipinski definition) is 3. The van der Waals surface area contributed by atoms with E-state index in [0.29, 0.717) is 12.5 Å². The standard InChI is InChI=1S/C17H23N3O2.2ClH/c21-15-8-11-4-1-2-6-13(11)16(15)19-17(22)14-10-20-7-3-5-12(20)9-18-14;;/h1-2,4,6,12,14-16,18,21H,3,5,7-10H2,(H,19,22);2*1H/t12-,14+,15+,16+;;/m1../s1. The van der Waals surface area contributed by atoms with Crippen LogP contribution < -0.4 is 10.6 Å². The lowest BCUT2D eigenvalue weighted by Gasteiger charge is -2.35. The summed E-state index contributed by atoms with van der Waals surface area (Å²) in [7, 11) is 0. The van der Waals surface area contributed by atoms with Crippen molar-refractivity contribution in [3.05, 3.63) is 35.4 Å². The predicted molar refractivity (Wildman–Crippen MR) is 97.9 cm³/mol. The number of aliphatic hydroxyl groups excluding tert-OH is 1. The number of halogens is 2. The van der Waals surface area contributed by atoms with Crippen LogP contribution in [-0.4, -0.2) is 53.7 Å². The highest BCUT2D eigenvalue weighted by Gasteiger charge is 2.37. The van der Waals surface area contributed by atoms with Crippen LogP contribution in [0.5, 0.6) is 0 Å². The third kappa shape index (κ3) is 3.55. The van der Waals surface area contributed by atoms with Gasteiger partial charge in [0.15, 0.2) is 0 Å². The maximum absolute atomic E-state index is 12.6. The summed E-state index contributed by atoms with van der Waals surface area (Å²) in [6.45, 7) is 2.77. The van der Waals surface area contributed by atoms with E-state index in [-0.39, 0.29) is 42.8 Å². The Kier molecular flexibility index (Phi) is 6.51. The molecule has 4 rings (SSSR count). The Balaban J connectivity index is 0.00000104. The molecule has 0 radical (unpaired) electrons. The third-order valence-electron chi connectivity index (χ3n) is 5.33. The fraction of sp³-hybridized carbons (Fsp3) is 0.588. The molecule has 3 N–H and O–H groups in total. The molecule has 2 fully saturated rings. The fourth-order valence-electron chi connectivity index (χ4n) is 4.12. The number of piperazine rings is 1. The Morgan fingerprint density at radius 2 is 2.08 bits per heavy atom. The topological polar surface area (TPSA) is 64.6 Å².